The van der Waals surface area contributed by atoms with Crippen molar-refractivity contribution in [3.05, 3.63) is 0 Å². The Morgan fingerprint density at radius 2 is 1.88 bits per heavy atom. The Hall–Kier alpha value is -0.860. The van der Waals surface area contributed by atoms with Crippen LogP contribution in [-0.4, -0.2) is 75.5 Å². The summed E-state index contributed by atoms with van der Waals surface area (Å²) in [5.41, 5.74) is 0. The molecular weight excluding hydrogens is 344 g/mol. The van der Waals surface area contributed by atoms with E-state index in [1.54, 1.807) is 4.90 Å². The van der Waals surface area contributed by atoms with Crippen molar-refractivity contribution in [2.24, 2.45) is 5.92 Å². The number of hydrogen-bond acceptors (Lipinski definition) is 6. The minimum absolute atomic E-state index is 0.0966. The molecular formula is C17H30N2O5S. The van der Waals surface area contributed by atoms with Gasteiger partial charge in [0.05, 0.1) is 12.8 Å². The lowest BCUT2D eigenvalue weighted by atomic mass is 9.91. The van der Waals surface area contributed by atoms with Gasteiger partial charge in [0.15, 0.2) is 0 Å². The number of cyclic esters (lactones) is 1. The average Bonchev–Trinajstić information content (AvgIpc) is 3.34. The molecule has 144 valence electrons. The van der Waals surface area contributed by atoms with Crippen LogP contribution in [0.25, 0.3) is 0 Å². The van der Waals surface area contributed by atoms with Gasteiger partial charge in [0.25, 0.3) is 10.1 Å². The molecule has 3 aliphatic rings. The van der Waals surface area contributed by atoms with Gasteiger partial charge in [-0.3, -0.25) is 4.18 Å². The van der Waals surface area contributed by atoms with Gasteiger partial charge in [0.2, 0.25) is 0 Å². The molecule has 7 nitrogen and oxygen atoms in total. The van der Waals surface area contributed by atoms with Gasteiger partial charge in [-0.1, -0.05) is 12.8 Å². The van der Waals surface area contributed by atoms with Crippen LogP contribution in [0.2, 0.25) is 0 Å². The van der Waals surface area contributed by atoms with Crippen molar-refractivity contribution >= 4 is 16.2 Å². The zero-order valence-electron chi connectivity index (χ0n) is 15.1. The number of rotatable bonds is 9. The third kappa shape index (κ3) is 6.11. The lowest BCUT2D eigenvalue weighted by Crippen LogP contribution is -2.35. The van der Waals surface area contributed by atoms with Gasteiger partial charge in [0, 0.05) is 12.6 Å². The largest absolute Gasteiger partial charge is 0.442 e. The highest BCUT2D eigenvalue weighted by molar-refractivity contribution is 7.85. The summed E-state index contributed by atoms with van der Waals surface area (Å²) in [7, 11) is -3.50. The van der Waals surface area contributed by atoms with Gasteiger partial charge in [-0.2, -0.15) is 8.42 Å². The highest BCUT2D eigenvalue weighted by atomic mass is 32.2. The van der Waals surface area contributed by atoms with Crippen LogP contribution in [-0.2, 0) is 19.0 Å². The maximum atomic E-state index is 11.8. The van der Waals surface area contributed by atoms with Gasteiger partial charge in [-0.15, -0.1) is 0 Å². The molecule has 0 aromatic rings. The van der Waals surface area contributed by atoms with Gasteiger partial charge in [0.1, 0.15) is 12.7 Å². The SMILES string of the molecule is CS(=O)(=O)OCC1CN(CCCCC2CCN(C3CC3)CC2)C(=O)O1. The number of likely N-dealkylation sites (tertiary alicyclic amines) is 1. The number of hydrogen-bond donors (Lipinski definition) is 0. The molecule has 25 heavy (non-hydrogen) atoms. The van der Waals surface area contributed by atoms with Crippen molar-refractivity contribution < 1.29 is 22.1 Å². The van der Waals surface area contributed by atoms with Crippen LogP contribution in [0.15, 0.2) is 0 Å². The maximum absolute atomic E-state index is 11.8. The molecule has 0 bridgehead atoms. The lowest BCUT2D eigenvalue weighted by Gasteiger charge is -2.32. The van der Waals surface area contributed by atoms with E-state index in [2.05, 4.69) is 4.90 Å². The predicted molar refractivity (Wildman–Crippen MR) is 93.8 cm³/mol. The third-order valence-corrected chi connectivity index (χ3v) is 5.98. The maximum Gasteiger partial charge on any atom is 0.410 e. The minimum atomic E-state index is -3.50. The topological polar surface area (TPSA) is 76.2 Å². The molecule has 1 atom stereocenters. The Bertz CT molecular complexity index is 555. The summed E-state index contributed by atoms with van der Waals surface area (Å²) in [6.45, 7) is 3.51. The number of amides is 1. The Kier molecular flexibility index (Phi) is 6.22. The molecule has 2 aliphatic heterocycles. The molecule has 1 amide bonds. The lowest BCUT2D eigenvalue weighted by molar-refractivity contribution is 0.105. The fraction of sp³-hybridized carbons (Fsp3) is 0.941. The van der Waals surface area contributed by atoms with E-state index in [-0.39, 0.29) is 12.7 Å². The molecule has 0 radical (unpaired) electrons. The number of piperidine rings is 1. The first kappa shape index (κ1) is 18.9. The molecule has 0 aromatic heterocycles. The average molecular weight is 375 g/mol. The van der Waals surface area contributed by atoms with Crippen molar-refractivity contribution in [3.63, 3.8) is 0 Å². The molecule has 2 heterocycles. The molecule has 1 unspecified atom stereocenters. The summed E-state index contributed by atoms with van der Waals surface area (Å²) in [6.07, 6.45) is 8.90. The Balaban J connectivity index is 1.27. The van der Waals surface area contributed by atoms with Crippen molar-refractivity contribution in [1.29, 1.82) is 0 Å². The molecule has 3 rings (SSSR count). The summed E-state index contributed by atoms with van der Waals surface area (Å²) >= 11 is 0. The normalized spacial score (nSPS) is 26.2. The predicted octanol–water partition coefficient (Wildman–Crippen LogP) is 1.83. The molecule has 0 spiro atoms. The van der Waals surface area contributed by atoms with Crippen LogP contribution >= 0.6 is 0 Å². The van der Waals surface area contributed by atoms with Crippen LogP contribution in [0, 0.1) is 5.92 Å². The third-order valence-electron chi connectivity index (χ3n) is 5.42. The molecule has 1 aliphatic carbocycles. The van der Waals surface area contributed by atoms with Crippen molar-refractivity contribution in [2.75, 3.05) is 39.0 Å². The first-order valence-corrected chi connectivity index (χ1v) is 11.3. The van der Waals surface area contributed by atoms with E-state index in [4.69, 9.17) is 8.92 Å². The minimum Gasteiger partial charge on any atom is -0.442 e. The highest BCUT2D eigenvalue weighted by Gasteiger charge is 2.33. The van der Waals surface area contributed by atoms with Crippen molar-refractivity contribution in [2.45, 2.75) is 57.1 Å². The molecule has 1 saturated carbocycles. The van der Waals surface area contributed by atoms with E-state index < -0.39 is 16.2 Å². The summed E-state index contributed by atoms with van der Waals surface area (Å²) in [5.74, 6) is 0.830. The fourth-order valence-electron chi connectivity index (χ4n) is 3.83. The first-order valence-electron chi connectivity index (χ1n) is 9.45. The van der Waals surface area contributed by atoms with Crippen LogP contribution in [0.3, 0.4) is 0 Å². The molecule has 3 fully saturated rings. The van der Waals surface area contributed by atoms with E-state index in [0.29, 0.717) is 13.1 Å². The van der Waals surface area contributed by atoms with Gasteiger partial charge >= 0.3 is 6.09 Å². The molecule has 0 N–H and O–H groups in total. The quantitative estimate of drug-likeness (QED) is 0.453. The van der Waals surface area contributed by atoms with Gasteiger partial charge in [-0.25, -0.2) is 4.79 Å². The second-order valence-electron chi connectivity index (χ2n) is 7.65. The van der Waals surface area contributed by atoms with E-state index in [1.165, 1.54) is 45.2 Å². The van der Waals surface area contributed by atoms with Crippen LogP contribution < -0.4 is 0 Å². The summed E-state index contributed by atoms with van der Waals surface area (Å²) < 4.78 is 31.8. The smallest absolute Gasteiger partial charge is 0.410 e. The monoisotopic (exact) mass is 374 g/mol. The Morgan fingerprint density at radius 1 is 1.16 bits per heavy atom. The number of carbonyl (C=O) groups is 1. The van der Waals surface area contributed by atoms with Crippen LogP contribution in [0.1, 0.15) is 44.9 Å². The standard InChI is InChI=1S/C17H30N2O5S/c1-25(21,22)23-13-16-12-19(17(20)24-16)9-3-2-4-14-7-10-18(11-8-14)15-5-6-15/h14-16H,2-13H2,1H3. The number of nitrogens with zero attached hydrogens (tertiary/aromatic N) is 2. The fourth-order valence-corrected chi connectivity index (χ4v) is 4.22. The second kappa shape index (κ2) is 8.22. The van der Waals surface area contributed by atoms with E-state index in [0.717, 1.165) is 31.1 Å². The molecule has 0 aromatic carbocycles. The van der Waals surface area contributed by atoms with E-state index in [9.17, 15) is 13.2 Å². The molecule has 8 heteroatoms. The zero-order chi connectivity index (χ0) is 17.9. The van der Waals surface area contributed by atoms with Crippen LogP contribution in [0.4, 0.5) is 4.79 Å². The summed E-state index contributed by atoms with van der Waals surface area (Å²) in [5, 5.41) is 0. The second-order valence-corrected chi connectivity index (χ2v) is 9.29. The number of unbranched alkanes of at least 4 members (excludes halogenated alkanes) is 1. The summed E-state index contributed by atoms with van der Waals surface area (Å²) in [6, 6.07) is 0.891. The van der Waals surface area contributed by atoms with Gasteiger partial charge in [-0.05, 0) is 51.1 Å². The van der Waals surface area contributed by atoms with Crippen LogP contribution in [0.5, 0.6) is 0 Å². The van der Waals surface area contributed by atoms with E-state index in [1.807, 2.05) is 0 Å². The Labute approximate surface area is 150 Å². The van der Waals surface area contributed by atoms with E-state index >= 15 is 0 Å². The number of ether oxygens (including phenoxy) is 1. The molecule has 2 saturated heterocycles. The first-order chi connectivity index (χ1) is 11.9. The number of carbonyl (C=O) groups excluding carboxylic acids is 1. The van der Waals surface area contributed by atoms with Crippen molar-refractivity contribution in [3.8, 4) is 0 Å². The highest BCUT2D eigenvalue weighted by Crippen LogP contribution is 2.32. The Morgan fingerprint density at radius 3 is 2.52 bits per heavy atom. The van der Waals surface area contributed by atoms with Crippen molar-refractivity contribution in [1.82, 2.24) is 9.80 Å². The van der Waals surface area contributed by atoms with Gasteiger partial charge < -0.3 is 14.5 Å². The zero-order valence-corrected chi connectivity index (χ0v) is 15.9. The summed E-state index contributed by atoms with van der Waals surface area (Å²) in [4.78, 5) is 16.1.